The lowest BCUT2D eigenvalue weighted by Gasteiger charge is -2.54. The van der Waals surface area contributed by atoms with Gasteiger partial charge in [-0.05, 0) is 44.7 Å². The summed E-state index contributed by atoms with van der Waals surface area (Å²) in [5, 5.41) is 35.0. The molecule has 2 fully saturated rings. The number of hydrogen-bond acceptors (Lipinski definition) is 8. The first-order chi connectivity index (χ1) is 17.5. The lowest BCUT2D eigenvalue weighted by Crippen LogP contribution is -2.69. The largest absolute Gasteiger partial charge is 0.507 e. The number of benzene rings is 1. The van der Waals surface area contributed by atoms with Crippen LogP contribution in [0, 0.1) is 34.9 Å². The monoisotopic (exact) mass is 511 g/mol. The van der Waals surface area contributed by atoms with E-state index in [9.17, 15) is 24.6 Å². The van der Waals surface area contributed by atoms with Gasteiger partial charge in [0.1, 0.15) is 23.0 Å². The first kappa shape index (κ1) is 25.7. The third kappa shape index (κ3) is 3.94. The predicted molar refractivity (Wildman–Crippen MR) is 134 cm³/mol. The van der Waals surface area contributed by atoms with E-state index in [0.717, 1.165) is 12.1 Å². The van der Waals surface area contributed by atoms with Crippen LogP contribution < -0.4 is 5.32 Å². The maximum absolute atomic E-state index is 15.3. The molecule has 37 heavy (non-hydrogen) atoms. The summed E-state index contributed by atoms with van der Waals surface area (Å²) in [6.07, 6.45) is 3.54. The molecule has 0 aromatic heterocycles. The average Bonchev–Trinajstić information content (AvgIpc) is 3.68. The van der Waals surface area contributed by atoms with Crippen molar-refractivity contribution in [2.45, 2.75) is 64.1 Å². The molecule has 0 amide bonds. The molecule has 0 bridgehead atoms. The molecule has 4 N–H and O–H groups in total. The van der Waals surface area contributed by atoms with Gasteiger partial charge in [-0.2, -0.15) is 0 Å². The van der Waals surface area contributed by atoms with Gasteiger partial charge in [0.15, 0.2) is 11.6 Å². The molecule has 198 valence electrons. The molecule has 4 aliphatic rings. The highest BCUT2D eigenvalue weighted by atomic mass is 19.1. The first-order valence-electron chi connectivity index (χ1n) is 13.1. The number of nitrogens with one attached hydrogen (secondary N) is 2. The second-order valence-corrected chi connectivity index (χ2v) is 11.1. The second kappa shape index (κ2) is 9.13. The molecule has 0 spiro atoms. The number of carbonyl (C=O) groups is 3. The zero-order chi connectivity index (χ0) is 26.8. The Bertz CT molecular complexity index is 1240. The fourth-order valence-electron chi connectivity index (χ4n) is 6.84. The number of allylic oxidation sites excluding steroid dienone is 2. The fourth-order valence-corrected chi connectivity index (χ4v) is 6.84. The summed E-state index contributed by atoms with van der Waals surface area (Å²) in [6, 6.07) is 0.426. The number of phenols is 1. The summed E-state index contributed by atoms with van der Waals surface area (Å²) in [7, 11) is 1.74. The Balaban J connectivity index is 1.56. The molecule has 8 nitrogen and oxygen atoms in total. The maximum atomic E-state index is 15.3. The van der Waals surface area contributed by atoms with Gasteiger partial charge in [-0.1, -0.05) is 13.0 Å². The van der Waals surface area contributed by atoms with Crippen LogP contribution in [-0.2, 0) is 27.3 Å². The molecule has 6 unspecified atom stereocenters. The van der Waals surface area contributed by atoms with E-state index >= 15 is 4.39 Å². The number of aromatic hydroxyl groups is 1. The summed E-state index contributed by atoms with van der Waals surface area (Å²) in [5.41, 5.74) is -0.731. The Kier molecular flexibility index (Phi) is 6.35. The highest BCUT2D eigenvalue weighted by Crippen LogP contribution is 2.53. The van der Waals surface area contributed by atoms with E-state index in [4.69, 9.17) is 5.41 Å². The van der Waals surface area contributed by atoms with Crippen LogP contribution in [0.2, 0.25) is 0 Å². The standard InChI is InChI=1S/C28H34FN3O5/c1-4-7-31-12-15-10-20(29)17-8-14-9-19-24(32(3)16-5-6-16)26(35)18(13(2)33)11-28(19,37)27(36)21(14)23(30)22(17)25(15)34/h5,10,14,18-19,21,24,30-31,34,37H,4,6-9,11-12H2,1-3H3. The van der Waals surface area contributed by atoms with Crippen molar-refractivity contribution in [3.05, 3.63) is 40.3 Å². The van der Waals surface area contributed by atoms with Crippen molar-refractivity contribution >= 4 is 23.1 Å². The minimum Gasteiger partial charge on any atom is -0.507 e. The van der Waals surface area contributed by atoms with Crippen LogP contribution in [-0.4, -0.2) is 63.4 Å². The highest BCUT2D eigenvalue weighted by Gasteiger charge is 2.64. The topological polar surface area (TPSA) is 131 Å². The smallest absolute Gasteiger partial charge is 0.174 e. The number of Topliss-reactive ketones (excluding diaryl/α,β-unsaturated/α-hetero) is 3. The normalized spacial score (nSPS) is 32.3. The zero-order valence-electron chi connectivity index (χ0n) is 21.4. The van der Waals surface area contributed by atoms with Crippen LogP contribution in [0.15, 0.2) is 17.8 Å². The summed E-state index contributed by atoms with van der Waals surface area (Å²) < 4.78 is 15.3. The molecule has 0 saturated heterocycles. The number of fused-ring (bicyclic) bond motifs is 3. The molecule has 5 rings (SSSR count). The molecule has 1 aromatic carbocycles. The van der Waals surface area contributed by atoms with Crippen molar-refractivity contribution in [1.29, 1.82) is 5.41 Å². The molecule has 9 heteroatoms. The molecule has 4 aliphatic carbocycles. The number of ketones is 3. The predicted octanol–water partition coefficient (Wildman–Crippen LogP) is 2.27. The summed E-state index contributed by atoms with van der Waals surface area (Å²) >= 11 is 0. The van der Waals surface area contributed by atoms with Gasteiger partial charge in [0.05, 0.1) is 23.6 Å². The van der Waals surface area contributed by atoms with Gasteiger partial charge in [-0.15, -0.1) is 0 Å². The number of halogens is 1. The van der Waals surface area contributed by atoms with E-state index < -0.39 is 52.7 Å². The molecular weight excluding hydrogens is 477 g/mol. The molecule has 2 saturated carbocycles. The Morgan fingerprint density at radius 3 is 2.68 bits per heavy atom. The van der Waals surface area contributed by atoms with Crippen molar-refractivity contribution < 1.29 is 29.0 Å². The summed E-state index contributed by atoms with van der Waals surface area (Å²) in [5.74, 6) is -5.51. The van der Waals surface area contributed by atoms with Crippen LogP contribution in [0.3, 0.4) is 0 Å². The summed E-state index contributed by atoms with van der Waals surface area (Å²) in [4.78, 5) is 41.7. The Morgan fingerprint density at radius 1 is 1.35 bits per heavy atom. The lowest BCUT2D eigenvalue weighted by atomic mass is 9.52. The van der Waals surface area contributed by atoms with Gasteiger partial charge < -0.3 is 25.8 Å². The zero-order valence-corrected chi connectivity index (χ0v) is 21.4. The SMILES string of the molecule is CCCNCc1cc(F)c2c(c1O)C(=N)C1C(=O)C3(O)CC(C(C)=O)C(=O)C(N(C)C4=CC4)C3CC1C2. The lowest BCUT2D eigenvalue weighted by molar-refractivity contribution is -0.175. The van der Waals surface area contributed by atoms with Crippen molar-refractivity contribution in [2.24, 2.45) is 23.7 Å². The minimum absolute atomic E-state index is 0.0248. The van der Waals surface area contributed by atoms with E-state index in [-0.39, 0.29) is 54.2 Å². The molecule has 0 aliphatic heterocycles. The fraction of sp³-hybridized carbons (Fsp3) is 0.571. The third-order valence-electron chi connectivity index (χ3n) is 8.85. The van der Waals surface area contributed by atoms with Crippen molar-refractivity contribution in [1.82, 2.24) is 10.2 Å². The molecule has 0 heterocycles. The average molecular weight is 512 g/mol. The van der Waals surface area contributed by atoms with E-state index in [1.807, 2.05) is 13.0 Å². The minimum atomic E-state index is -1.97. The van der Waals surface area contributed by atoms with Gasteiger partial charge in [-0.25, -0.2) is 4.39 Å². The molecular formula is C28H34FN3O5. The maximum Gasteiger partial charge on any atom is 0.174 e. The van der Waals surface area contributed by atoms with Gasteiger partial charge in [0.25, 0.3) is 0 Å². The second-order valence-electron chi connectivity index (χ2n) is 11.1. The van der Waals surface area contributed by atoms with Crippen molar-refractivity contribution in [3.63, 3.8) is 0 Å². The van der Waals surface area contributed by atoms with Gasteiger partial charge in [0.2, 0.25) is 0 Å². The van der Waals surface area contributed by atoms with E-state index in [1.165, 1.54) is 13.0 Å². The van der Waals surface area contributed by atoms with Gasteiger partial charge >= 0.3 is 0 Å². The van der Waals surface area contributed by atoms with Crippen LogP contribution in [0.25, 0.3) is 0 Å². The van der Waals surface area contributed by atoms with Crippen LogP contribution in [0.4, 0.5) is 4.39 Å². The summed E-state index contributed by atoms with van der Waals surface area (Å²) in [6.45, 7) is 4.18. The Morgan fingerprint density at radius 2 is 2.05 bits per heavy atom. The number of aliphatic hydroxyl groups is 1. The van der Waals surface area contributed by atoms with Crippen LogP contribution >= 0.6 is 0 Å². The van der Waals surface area contributed by atoms with E-state index in [1.54, 1.807) is 11.9 Å². The number of nitrogens with zero attached hydrogens (tertiary/aromatic N) is 1. The number of phenolic OH excluding ortho intramolecular Hbond substituents is 1. The van der Waals surface area contributed by atoms with Crippen LogP contribution in [0.5, 0.6) is 5.75 Å². The third-order valence-corrected chi connectivity index (χ3v) is 8.85. The number of likely N-dealkylation sites (N-methyl/N-ethyl adjacent to an activating group) is 1. The quantitative estimate of drug-likeness (QED) is 0.326. The molecule has 6 atom stereocenters. The highest BCUT2D eigenvalue weighted by molar-refractivity contribution is 6.18. The van der Waals surface area contributed by atoms with Gasteiger partial charge in [-0.3, -0.25) is 14.4 Å². The van der Waals surface area contributed by atoms with E-state index in [2.05, 4.69) is 5.32 Å². The molecule has 0 radical (unpaired) electrons. The Labute approximate surface area is 215 Å². The number of rotatable bonds is 7. The Hall–Kier alpha value is -2.91. The van der Waals surface area contributed by atoms with E-state index in [0.29, 0.717) is 18.5 Å². The van der Waals surface area contributed by atoms with Gasteiger partial charge in [0, 0.05) is 54.7 Å². The van der Waals surface area contributed by atoms with Crippen molar-refractivity contribution in [3.8, 4) is 5.75 Å². The van der Waals surface area contributed by atoms with Crippen LogP contribution in [0.1, 0.15) is 56.2 Å². The van der Waals surface area contributed by atoms with Crippen molar-refractivity contribution in [2.75, 3.05) is 13.6 Å². The number of hydrogen-bond donors (Lipinski definition) is 4. The first-order valence-corrected chi connectivity index (χ1v) is 13.1. The number of carbonyl (C=O) groups excluding carboxylic acids is 3. The molecule has 1 aromatic rings.